The summed E-state index contributed by atoms with van der Waals surface area (Å²) < 4.78 is 0.658. The maximum Gasteiger partial charge on any atom is 0.269 e. The molecule has 0 saturated carbocycles. The molecule has 0 fully saturated rings. The number of rotatable bonds is 4. The molecule has 0 aliphatic rings. The molecule has 90 valence electrons. The lowest BCUT2D eigenvalue weighted by Gasteiger charge is -2.20. The van der Waals surface area contributed by atoms with Gasteiger partial charge in [-0.3, -0.25) is 14.9 Å². The number of hydrogen-bond acceptors (Lipinski definition) is 3. The molecule has 0 N–H and O–H groups in total. The zero-order valence-electron chi connectivity index (χ0n) is 9.22. The van der Waals surface area contributed by atoms with Crippen molar-refractivity contribution in [1.82, 2.24) is 0 Å². The lowest BCUT2D eigenvalue weighted by molar-refractivity contribution is -0.384. The minimum absolute atomic E-state index is 0.00470. The number of benzene rings is 1. The highest BCUT2D eigenvalue weighted by Crippen LogP contribution is 2.21. The highest BCUT2D eigenvalue weighted by atomic mass is 79.9. The molecule has 0 atom stereocenters. The van der Waals surface area contributed by atoms with Gasteiger partial charge in [0.15, 0.2) is 0 Å². The van der Waals surface area contributed by atoms with Crippen LogP contribution in [0.15, 0.2) is 35.3 Å². The second-order valence-corrected chi connectivity index (χ2v) is 4.52. The average Bonchev–Trinajstić information content (AvgIpc) is 2.25. The van der Waals surface area contributed by atoms with Crippen molar-refractivity contribution >= 4 is 33.2 Å². The number of hydrogen-bond donors (Lipinski definition) is 0. The average molecular weight is 299 g/mol. The Kier molecular flexibility index (Phi) is 4.39. The number of carbonyl (C=O) groups is 1. The van der Waals surface area contributed by atoms with E-state index >= 15 is 0 Å². The molecule has 0 saturated heterocycles. The van der Waals surface area contributed by atoms with Gasteiger partial charge in [0, 0.05) is 29.2 Å². The Bertz CT molecular complexity index is 456. The second-order valence-electron chi connectivity index (χ2n) is 3.40. The molecule has 0 spiro atoms. The van der Waals surface area contributed by atoms with Gasteiger partial charge in [-0.25, -0.2) is 0 Å². The summed E-state index contributed by atoms with van der Waals surface area (Å²) in [5.74, 6) is -0.153. The van der Waals surface area contributed by atoms with E-state index < -0.39 is 4.92 Å². The molecule has 6 heteroatoms. The second kappa shape index (κ2) is 5.58. The number of carbonyl (C=O) groups excluding carboxylic acids is 1. The van der Waals surface area contributed by atoms with Crippen molar-refractivity contribution in [3.8, 4) is 0 Å². The number of nitro groups is 1. The number of amides is 1. The van der Waals surface area contributed by atoms with Crippen LogP contribution in [0, 0.1) is 10.1 Å². The molecule has 0 radical (unpaired) electrons. The van der Waals surface area contributed by atoms with Crippen LogP contribution in [0.1, 0.15) is 6.92 Å². The van der Waals surface area contributed by atoms with Crippen LogP contribution in [0.25, 0.3) is 0 Å². The van der Waals surface area contributed by atoms with Crippen LogP contribution >= 0.6 is 15.9 Å². The van der Waals surface area contributed by atoms with Crippen LogP contribution in [0.3, 0.4) is 0 Å². The lowest BCUT2D eigenvalue weighted by Crippen LogP contribution is -2.29. The van der Waals surface area contributed by atoms with Crippen molar-refractivity contribution < 1.29 is 9.72 Å². The highest BCUT2D eigenvalue weighted by molar-refractivity contribution is 9.11. The van der Waals surface area contributed by atoms with Gasteiger partial charge in [-0.1, -0.05) is 22.5 Å². The third-order valence-electron chi connectivity index (χ3n) is 2.08. The van der Waals surface area contributed by atoms with Crippen LogP contribution in [0.4, 0.5) is 11.4 Å². The minimum atomic E-state index is -0.481. The Morgan fingerprint density at radius 1 is 1.47 bits per heavy atom. The lowest BCUT2D eigenvalue weighted by atomic mass is 10.2. The molecule has 17 heavy (non-hydrogen) atoms. The molecule has 1 aromatic carbocycles. The predicted molar refractivity (Wildman–Crippen MR) is 69.2 cm³/mol. The highest BCUT2D eigenvalue weighted by Gasteiger charge is 2.13. The summed E-state index contributed by atoms with van der Waals surface area (Å²) in [6, 6.07) is 5.80. The van der Waals surface area contributed by atoms with Crippen molar-refractivity contribution in [2.24, 2.45) is 0 Å². The molecular formula is C11H11BrN2O3. The fraction of sp³-hybridized carbons (Fsp3) is 0.182. The van der Waals surface area contributed by atoms with E-state index in [4.69, 9.17) is 0 Å². The molecule has 1 aromatic rings. The van der Waals surface area contributed by atoms with Gasteiger partial charge in [-0.15, -0.1) is 0 Å². The summed E-state index contributed by atoms with van der Waals surface area (Å²) in [6.45, 7) is 5.42. The summed E-state index contributed by atoms with van der Waals surface area (Å²) >= 11 is 3.18. The van der Waals surface area contributed by atoms with Crippen molar-refractivity contribution in [2.75, 3.05) is 11.4 Å². The number of halogens is 1. The number of nitro benzene ring substituents is 1. The Morgan fingerprint density at radius 3 is 2.35 bits per heavy atom. The molecule has 0 heterocycles. The molecule has 5 nitrogen and oxygen atoms in total. The Morgan fingerprint density at radius 2 is 2.00 bits per heavy atom. The standard InChI is InChI=1S/C11H11BrN2O3/c1-8(12)7-13(9(2)15)10-3-5-11(6-4-10)14(16)17/h3-6H,1,7H2,2H3. The van der Waals surface area contributed by atoms with Gasteiger partial charge in [0.05, 0.1) is 11.5 Å². The molecule has 0 aliphatic heterocycles. The zero-order chi connectivity index (χ0) is 13.0. The number of anilines is 1. The molecule has 1 rings (SSSR count). The van der Waals surface area contributed by atoms with Crippen LogP contribution in [-0.2, 0) is 4.79 Å². The van der Waals surface area contributed by atoms with E-state index in [9.17, 15) is 14.9 Å². The van der Waals surface area contributed by atoms with E-state index in [2.05, 4.69) is 22.5 Å². The normalized spacial score (nSPS) is 9.76. The van der Waals surface area contributed by atoms with Gasteiger partial charge in [-0.05, 0) is 12.1 Å². The minimum Gasteiger partial charge on any atom is -0.308 e. The van der Waals surface area contributed by atoms with E-state index in [1.54, 1.807) is 0 Å². The van der Waals surface area contributed by atoms with E-state index in [0.717, 1.165) is 0 Å². The molecule has 0 unspecified atom stereocenters. The summed E-state index contributed by atoms with van der Waals surface area (Å²) in [5.41, 5.74) is 0.596. The van der Waals surface area contributed by atoms with Gasteiger partial charge in [0.25, 0.3) is 5.69 Å². The first kappa shape index (κ1) is 13.4. The first-order chi connectivity index (χ1) is 7.91. The molecule has 0 aliphatic carbocycles. The number of non-ortho nitro benzene ring substituents is 1. The molecule has 0 bridgehead atoms. The first-order valence-corrected chi connectivity index (χ1v) is 5.57. The van der Waals surface area contributed by atoms with Crippen molar-refractivity contribution in [2.45, 2.75) is 6.92 Å². The van der Waals surface area contributed by atoms with Crippen molar-refractivity contribution in [1.29, 1.82) is 0 Å². The van der Waals surface area contributed by atoms with Crippen LogP contribution in [0.5, 0.6) is 0 Å². The van der Waals surface area contributed by atoms with E-state index in [1.165, 1.54) is 36.1 Å². The fourth-order valence-electron chi connectivity index (χ4n) is 1.31. The molecular weight excluding hydrogens is 288 g/mol. The summed E-state index contributed by atoms with van der Waals surface area (Å²) in [5, 5.41) is 10.5. The van der Waals surface area contributed by atoms with Gasteiger partial charge in [0.2, 0.25) is 5.91 Å². The van der Waals surface area contributed by atoms with Crippen molar-refractivity contribution in [3.05, 3.63) is 45.4 Å². The van der Waals surface area contributed by atoms with Crippen molar-refractivity contribution in [3.63, 3.8) is 0 Å². The monoisotopic (exact) mass is 298 g/mol. The zero-order valence-corrected chi connectivity index (χ0v) is 10.8. The third-order valence-corrected chi connectivity index (χ3v) is 2.33. The van der Waals surface area contributed by atoms with Crippen LogP contribution in [-0.4, -0.2) is 17.4 Å². The summed E-state index contributed by atoms with van der Waals surface area (Å²) in [7, 11) is 0. The van der Waals surface area contributed by atoms with Gasteiger partial charge in [0.1, 0.15) is 0 Å². The van der Waals surface area contributed by atoms with E-state index in [0.29, 0.717) is 16.7 Å². The SMILES string of the molecule is C=C(Br)CN(C(C)=O)c1ccc([N+](=O)[O-])cc1. The topological polar surface area (TPSA) is 63.5 Å². The maximum atomic E-state index is 11.4. The smallest absolute Gasteiger partial charge is 0.269 e. The summed E-state index contributed by atoms with van der Waals surface area (Å²) in [4.78, 5) is 22.9. The van der Waals surface area contributed by atoms with Crippen LogP contribution < -0.4 is 4.90 Å². The van der Waals surface area contributed by atoms with Gasteiger partial charge < -0.3 is 4.90 Å². The Balaban J connectivity index is 2.99. The quantitative estimate of drug-likeness (QED) is 0.634. The first-order valence-electron chi connectivity index (χ1n) is 4.77. The summed E-state index contributed by atoms with van der Waals surface area (Å²) in [6.07, 6.45) is 0. The van der Waals surface area contributed by atoms with Gasteiger partial charge >= 0.3 is 0 Å². The van der Waals surface area contributed by atoms with Gasteiger partial charge in [-0.2, -0.15) is 0 Å². The van der Waals surface area contributed by atoms with Crippen LogP contribution in [0.2, 0.25) is 0 Å². The third kappa shape index (κ3) is 3.67. The largest absolute Gasteiger partial charge is 0.308 e. The Hall–Kier alpha value is -1.69. The Labute approximate surface area is 107 Å². The molecule has 0 aromatic heterocycles. The van der Waals surface area contributed by atoms with E-state index in [-0.39, 0.29) is 11.6 Å². The maximum absolute atomic E-state index is 11.4. The fourth-order valence-corrected chi connectivity index (χ4v) is 1.56. The number of nitrogens with zero attached hydrogens (tertiary/aromatic N) is 2. The molecule has 1 amide bonds. The predicted octanol–water partition coefficient (Wildman–Crippen LogP) is 2.86. The van der Waals surface area contributed by atoms with E-state index in [1.807, 2.05) is 0 Å².